The van der Waals surface area contributed by atoms with Gasteiger partial charge >= 0.3 is 11.6 Å². The molecule has 0 fully saturated rings. The summed E-state index contributed by atoms with van der Waals surface area (Å²) in [4.78, 5) is 22.2. The van der Waals surface area contributed by atoms with Crippen molar-refractivity contribution >= 4 is 27.9 Å². The van der Waals surface area contributed by atoms with Crippen LogP contribution in [0.15, 0.2) is 44.0 Å². The lowest BCUT2D eigenvalue weighted by Gasteiger charge is -1.94. The van der Waals surface area contributed by atoms with Crippen molar-refractivity contribution in [3.63, 3.8) is 0 Å². The van der Waals surface area contributed by atoms with Gasteiger partial charge in [0.15, 0.2) is 0 Å². The highest BCUT2D eigenvalue weighted by atomic mass is 16.4. The van der Waals surface area contributed by atoms with Crippen LogP contribution in [0, 0.1) is 0 Å². The van der Waals surface area contributed by atoms with Gasteiger partial charge in [-0.1, -0.05) is 18.2 Å². The van der Waals surface area contributed by atoms with E-state index in [2.05, 4.69) is 0 Å². The van der Waals surface area contributed by atoms with E-state index in [1.54, 1.807) is 24.3 Å². The summed E-state index contributed by atoms with van der Waals surface area (Å²) < 4.78 is 10.1. The number of aromatic carboxylic acids is 1. The van der Waals surface area contributed by atoms with Crippen molar-refractivity contribution in [1.29, 1.82) is 0 Å². The number of hydrogen-bond donors (Lipinski definition) is 1. The highest BCUT2D eigenvalue weighted by Gasteiger charge is 2.18. The average molecular weight is 230 g/mol. The average Bonchev–Trinajstić information content (AvgIpc) is 2.65. The van der Waals surface area contributed by atoms with Gasteiger partial charge in [0.25, 0.3) is 0 Å². The fourth-order valence-corrected chi connectivity index (χ4v) is 1.84. The molecule has 0 aliphatic carbocycles. The van der Waals surface area contributed by atoms with Crippen LogP contribution in [0.3, 0.4) is 0 Å². The largest absolute Gasteiger partial charge is 0.475 e. The number of carboxylic acid groups (broad SMARTS) is 1. The van der Waals surface area contributed by atoms with Crippen molar-refractivity contribution in [1.82, 2.24) is 0 Å². The van der Waals surface area contributed by atoms with Gasteiger partial charge in [0.2, 0.25) is 5.76 Å². The molecule has 0 radical (unpaired) electrons. The van der Waals surface area contributed by atoms with Crippen LogP contribution in [0.1, 0.15) is 10.6 Å². The molecule has 84 valence electrons. The Kier molecular flexibility index (Phi) is 1.82. The maximum atomic E-state index is 11.2. The molecule has 5 nitrogen and oxygen atoms in total. The number of rotatable bonds is 1. The minimum atomic E-state index is -1.29. The fourth-order valence-electron chi connectivity index (χ4n) is 1.84. The van der Waals surface area contributed by atoms with Crippen LogP contribution in [-0.2, 0) is 0 Å². The molecule has 0 saturated heterocycles. The van der Waals surface area contributed by atoms with E-state index in [0.29, 0.717) is 16.4 Å². The third-order valence-corrected chi connectivity index (χ3v) is 2.50. The van der Waals surface area contributed by atoms with E-state index >= 15 is 0 Å². The lowest BCUT2D eigenvalue weighted by Crippen LogP contribution is -2.04. The normalized spacial score (nSPS) is 11.1. The molecule has 2 heterocycles. The summed E-state index contributed by atoms with van der Waals surface area (Å²) in [6.07, 6.45) is 0. The van der Waals surface area contributed by atoms with Crippen molar-refractivity contribution in [3.05, 3.63) is 46.5 Å². The predicted molar refractivity (Wildman–Crippen MR) is 59.2 cm³/mol. The summed E-state index contributed by atoms with van der Waals surface area (Å²) in [5.41, 5.74) is -0.000365. The monoisotopic (exact) mass is 230 g/mol. The molecule has 0 aliphatic heterocycles. The molecule has 0 bridgehead atoms. The second-order valence-electron chi connectivity index (χ2n) is 3.54. The molecular formula is C12H6O5. The topological polar surface area (TPSA) is 80.6 Å². The number of benzene rings is 1. The van der Waals surface area contributed by atoms with Crippen LogP contribution >= 0.6 is 0 Å². The van der Waals surface area contributed by atoms with E-state index in [9.17, 15) is 9.59 Å². The van der Waals surface area contributed by atoms with Crippen LogP contribution < -0.4 is 5.63 Å². The molecule has 3 aromatic rings. The minimum Gasteiger partial charge on any atom is -0.475 e. The van der Waals surface area contributed by atoms with Gasteiger partial charge in [0.05, 0.1) is 11.5 Å². The zero-order valence-corrected chi connectivity index (χ0v) is 8.47. The SMILES string of the molecule is O=C(O)c1oc(=O)cc2oc3ccccc3c12. The van der Waals surface area contributed by atoms with Crippen molar-refractivity contribution in [3.8, 4) is 0 Å². The first-order valence-corrected chi connectivity index (χ1v) is 4.85. The first kappa shape index (κ1) is 9.65. The summed E-state index contributed by atoms with van der Waals surface area (Å²) in [6, 6.07) is 8.08. The summed E-state index contributed by atoms with van der Waals surface area (Å²) in [5, 5.41) is 9.94. The molecule has 2 aromatic heterocycles. The third kappa shape index (κ3) is 1.32. The predicted octanol–water partition coefficient (Wildman–Crippen LogP) is 2.24. The molecule has 0 amide bonds. The number of furan rings is 1. The Bertz CT molecular complexity index is 793. The van der Waals surface area contributed by atoms with Gasteiger partial charge in [-0.25, -0.2) is 9.59 Å². The third-order valence-electron chi connectivity index (χ3n) is 2.50. The number of hydrogen-bond acceptors (Lipinski definition) is 4. The number of para-hydroxylation sites is 1. The van der Waals surface area contributed by atoms with E-state index in [4.69, 9.17) is 13.9 Å². The maximum absolute atomic E-state index is 11.2. The second-order valence-corrected chi connectivity index (χ2v) is 3.54. The molecule has 1 N–H and O–H groups in total. The van der Waals surface area contributed by atoms with Crippen LogP contribution in [0.2, 0.25) is 0 Å². The summed E-state index contributed by atoms with van der Waals surface area (Å²) >= 11 is 0. The lowest BCUT2D eigenvalue weighted by atomic mass is 10.1. The molecule has 0 aliphatic rings. The standard InChI is InChI=1S/C12H6O5/c13-9-5-8-10(11(17-9)12(14)15)6-3-1-2-4-7(6)16-8/h1-5H,(H,14,15). The van der Waals surface area contributed by atoms with Gasteiger partial charge in [-0.3, -0.25) is 0 Å². The Labute approximate surface area is 93.9 Å². The Hall–Kier alpha value is -2.56. The zero-order valence-electron chi connectivity index (χ0n) is 8.47. The van der Waals surface area contributed by atoms with Gasteiger partial charge in [-0.2, -0.15) is 0 Å². The Morgan fingerprint density at radius 3 is 2.65 bits per heavy atom. The van der Waals surface area contributed by atoms with Crippen molar-refractivity contribution in [2.45, 2.75) is 0 Å². The first-order chi connectivity index (χ1) is 8.16. The minimum absolute atomic E-state index is 0.222. The van der Waals surface area contributed by atoms with E-state index in [-0.39, 0.29) is 5.58 Å². The van der Waals surface area contributed by atoms with Crippen molar-refractivity contribution in [2.24, 2.45) is 0 Å². The molecule has 17 heavy (non-hydrogen) atoms. The molecule has 0 atom stereocenters. The van der Waals surface area contributed by atoms with E-state index in [0.717, 1.165) is 6.07 Å². The van der Waals surface area contributed by atoms with Crippen LogP contribution in [0.5, 0.6) is 0 Å². The van der Waals surface area contributed by atoms with Gasteiger partial charge in [0, 0.05) is 5.39 Å². The highest BCUT2D eigenvalue weighted by molar-refractivity contribution is 6.12. The van der Waals surface area contributed by atoms with E-state index in [1.165, 1.54) is 0 Å². The molecule has 0 saturated carbocycles. The Morgan fingerprint density at radius 2 is 1.88 bits per heavy atom. The van der Waals surface area contributed by atoms with Crippen LogP contribution in [-0.4, -0.2) is 11.1 Å². The van der Waals surface area contributed by atoms with Crippen LogP contribution in [0.25, 0.3) is 21.9 Å². The molecule has 0 spiro atoms. The molecule has 3 rings (SSSR count). The molecule has 1 aromatic carbocycles. The van der Waals surface area contributed by atoms with Crippen LogP contribution in [0.4, 0.5) is 0 Å². The zero-order chi connectivity index (χ0) is 12.0. The maximum Gasteiger partial charge on any atom is 0.372 e. The van der Waals surface area contributed by atoms with Crippen molar-refractivity contribution in [2.75, 3.05) is 0 Å². The number of carbonyl (C=O) groups is 1. The van der Waals surface area contributed by atoms with Crippen molar-refractivity contribution < 1.29 is 18.7 Å². The second kappa shape index (κ2) is 3.21. The smallest absolute Gasteiger partial charge is 0.372 e. The number of fused-ring (bicyclic) bond motifs is 3. The lowest BCUT2D eigenvalue weighted by molar-refractivity contribution is 0.0661. The summed E-state index contributed by atoms with van der Waals surface area (Å²) in [5.74, 6) is -1.68. The van der Waals surface area contributed by atoms with Gasteiger partial charge in [-0.15, -0.1) is 0 Å². The summed E-state index contributed by atoms with van der Waals surface area (Å²) in [6.45, 7) is 0. The van der Waals surface area contributed by atoms with E-state index in [1.807, 2.05) is 0 Å². The van der Waals surface area contributed by atoms with Gasteiger partial charge in [0.1, 0.15) is 11.2 Å². The quantitative estimate of drug-likeness (QED) is 0.693. The molecule has 5 heteroatoms. The van der Waals surface area contributed by atoms with Gasteiger partial charge in [-0.05, 0) is 6.07 Å². The first-order valence-electron chi connectivity index (χ1n) is 4.85. The summed E-state index contributed by atoms with van der Waals surface area (Å²) in [7, 11) is 0. The van der Waals surface area contributed by atoms with Gasteiger partial charge < -0.3 is 13.9 Å². The fraction of sp³-hybridized carbons (Fsp3) is 0. The van der Waals surface area contributed by atoms with E-state index < -0.39 is 17.4 Å². The Morgan fingerprint density at radius 1 is 1.12 bits per heavy atom. The molecular weight excluding hydrogens is 224 g/mol. The number of carboxylic acids is 1. The molecule has 0 unspecified atom stereocenters. The Balaban J connectivity index is 2.62. The highest BCUT2D eigenvalue weighted by Crippen LogP contribution is 2.29.